The van der Waals surface area contributed by atoms with E-state index in [4.69, 9.17) is 11.6 Å². The van der Waals surface area contributed by atoms with Crippen LogP contribution < -0.4 is 0 Å². The third-order valence-corrected chi connectivity index (χ3v) is 3.99. The number of rotatable bonds is 2. The Balaban J connectivity index is 2.09. The molecule has 1 fully saturated rings. The summed E-state index contributed by atoms with van der Waals surface area (Å²) < 4.78 is 0. The molecule has 2 nitrogen and oxygen atoms in total. The van der Waals surface area contributed by atoms with Crippen LogP contribution in [0.2, 0.25) is 5.02 Å². The van der Waals surface area contributed by atoms with Crippen LogP contribution in [-0.2, 0) is 5.60 Å². The maximum absolute atomic E-state index is 10.7. The molecule has 0 unspecified atom stereocenters. The molecule has 0 bridgehead atoms. The molecule has 0 aromatic heterocycles. The summed E-state index contributed by atoms with van der Waals surface area (Å²) in [4.78, 5) is 2.41. The van der Waals surface area contributed by atoms with Crippen LogP contribution >= 0.6 is 11.6 Å². The highest BCUT2D eigenvalue weighted by Crippen LogP contribution is 2.33. The predicted octanol–water partition coefficient (Wildman–Crippen LogP) is 3.03. The number of aliphatic hydroxyl groups is 1. The van der Waals surface area contributed by atoms with Crippen LogP contribution in [0.1, 0.15) is 32.3 Å². The number of halogens is 1. The molecule has 0 saturated carbocycles. The van der Waals surface area contributed by atoms with E-state index in [2.05, 4.69) is 18.7 Å². The van der Waals surface area contributed by atoms with Gasteiger partial charge in [-0.25, -0.2) is 0 Å². The van der Waals surface area contributed by atoms with E-state index in [1.165, 1.54) is 0 Å². The molecule has 94 valence electrons. The van der Waals surface area contributed by atoms with E-state index in [1.54, 1.807) is 0 Å². The average molecular weight is 254 g/mol. The Morgan fingerprint density at radius 2 is 1.71 bits per heavy atom. The van der Waals surface area contributed by atoms with E-state index in [-0.39, 0.29) is 0 Å². The number of nitrogens with zero attached hydrogens (tertiary/aromatic N) is 1. The second-order valence-electron chi connectivity index (χ2n) is 5.17. The van der Waals surface area contributed by atoms with Gasteiger partial charge in [0.1, 0.15) is 0 Å². The molecule has 0 atom stereocenters. The summed E-state index contributed by atoms with van der Waals surface area (Å²) in [7, 11) is 0. The van der Waals surface area contributed by atoms with E-state index in [9.17, 15) is 5.11 Å². The first kappa shape index (κ1) is 12.9. The summed E-state index contributed by atoms with van der Waals surface area (Å²) in [6.07, 6.45) is 1.60. The van der Waals surface area contributed by atoms with Crippen LogP contribution in [0.25, 0.3) is 0 Å². The van der Waals surface area contributed by atoms with Crippen molar-refractivity contribution in [3.63, 3.8) is 0 Å². The highest BCUT2D eigenvalue weighted by molar-refractivity contribution is 6.30. The largest absolute Gasteiger partial charge is 0.385 e. The summed E-state index contributed by atoms with van der Waals surface area (Å²) in [5, 5.41) is 11.4. The fourth-order valence-corrected chi connectivity index (χ4v) is 2.59. The fraction of sp³-hybridized carbons (Fsp3) is 0.571. The molecule has 3 heteroatoms. The average Bonchev–Trinajstić information content (AvgIpc) is 2.30. The zero-order valence-electron chi connectivity index (χ0n) is 10.5. The second kappa shape index (κ2) is 4.97. The topological polar surface area (TPSA) is 23.5 Å². The van der Waals surface area contributed by atoms with E-state index >= 15 is 0 Å². The van der Waals surface area contributed by atoms with Crippen LogP contribution in [0.5, 0.6) is 0 Å². The number of piperidine rings is 1. The van der Waals surface area contributed by atoms with Crippen LogP contribution in [0.3, 0.4) is 0 Å². The van der Waals surface area contributed by atoms with Crippen molar-refractivity contribution in [1.82, 2.24) is 4.90 Å². The van der Waals surface area contributed by atoms with Crippen molar-refractivity contribution >= 4 is 11.6 Å². The highest BCUT2D eigenvalue weighted by atomic mass is 35.5. The van der Waals surface area contributed by atoms with E-state index in [0.29, 0.717) is 6.04 Å². The third kappa shape index (κ3) is 2.82. The standard InChI is InChI=1S/C14H20ClNO/c1-11(2)16-9-7-14(17,8-10-16)12-3-5-13(15)6-4-12/h3-6,11,17H,7-10H2,1-2H3. The van der Waals surface area contributed by atoms with Gasteiger partial charge in [0.15, 0.2) is 0 Å². The Morgan fingerprint density at radius 1 is 1.18 bits per heavy atom. The summed E-state index contributed by atoms with van der Waals surface area (Å²) in [6, 6.07) is 8.14. The fourth-order valence-electron chi connectivity index (χ4n) is 2.46. The molecule has 17 heavy (non-hydrogen) atoms. The minimum atomic E-state index is -0.671. The van der Waals surface area contributed by atoms with Gasteiger partial charge in [0, 0.05) is 24.2 Å². The Morgan fingerprint density at radius 3 is 2.18 bits per heavy atom. The zero-order valence-corrected chi connectivity index (χ0v) is 11.2. The molecule has 1 aromatic carbocycles. The minimum Gasteiger partial charge on any atom is -0.385 e. The van der Waals surface area contributed by atoms with Gasteiger partial charge in [0.05, 0.1) is 5.60 Å². The molecular weight excluding hydrogens is 234 g/mol. The van der Waals surface area contributed by atoms with Crippen molar-refractivity contribution in [2.45, 2.75) is 38.3 Å². The van der Waals surface area contributed by atoms with Gasteiger partial charge in [-0.2, -0.15) is 0 Å². The van der Waals surface area contributed by atoms with Crippen molar-refractivity contribution in [1.29, 1.82) is 0 Å². The van der Waals surface area contributed by atoms with Gasteiger partial charge < -0.3 is 10.0 Å². The molecule has 1 aromatic rings. The van der Waals surface area contributed by atoms with Crippen LogP contribution in [0.4, 0.5) is 0 Å². The molecule has 0 amide bonds. The van der Waals surface area contributed by atoms with E-state index < -0.39 is 5.60 Å². The number of hydrogen-bond acceptors (Lipinski definition) is 2. The SMILES string of the molecule is CC(C)N1CCC(O)(c2ccc(Cl)cc2)CC1. The molecule has 2 rings (SSSR count). The van der Waals surface area contributed by atoms with Crippen LogP contribution in [0.15, 0.2) is 24.3 Å². The smallest absolute Gasteiger partial charge is 0.0920 e. The van der Waals surface area contributed by atoms with Crippen LogP contribution in [0, 0.1) is 0 Å². The number of benzene rings is 1. The van der Waals surface area contributed by atoms with Crippen molar-refractivity contribution in [3.8, 4) is 0 Å². The van der Waals surface area contributed by atoms with E-state index in [0.717, 1.165) is 36.5 Å². The molecular formula is C14H20ClNO. The van der Waals surface area contributed by atoms with Gasteiger partial charge in [-0.15, -0.1) is 0 Å². The molecule has 1 aliphatic rings. The van der Waals surface area contributed by atoms with Gasteiger partial charge in [0.2, 0.25) is 0 Å². The highest BCUT2D eigenvalue weighted by Gasteiger charge is 2.34. The first-order chi connectivity index (χ1) is 8.01. The Hall–Kier alpha value is -0.570. The second-order valence-corrected chi connectivity index (χ2v) is 5.60. The third-order valence-electron chi connectivity index (χ3n) is 3.74. The molecule has 1 heterocycles. The summed E-state index contributed by atoms with van der Waals surface area (Å²) in [5.41, 5.74) is 0.320. The normalized spacial score (nSPS) is 20.8. The van der Waals surface area contributed by atoms with Gasteiger partial charge in [-0.05, 0) is 44.4 Å². The van der Waals surface area contributed by atoms with Crippen molar-refractivity contribution < 1.29 is 5.11 Å². The van der Waals surface area contributed by atoms with Crippen LogP contribution in [-0.4, -0.2) is 29.1 Å². The lowest BCUT2D eigenvalue weighted by molar-refractivity contribution is -0.0323. The molecule has 0 aliphatic carbocycles. The minimum absolute atomic E-state index is 0.560. The Labute approximate surface area is 108 Å². The Bertz CT molecular complexity index is 366. The first-order valence-corrected chi connectivity index (χ1v) is 6.61. The summed E-state index contributed by atoms with van der Waals surface area (Å²) in [6.45, 7) is 6.31. The number of likely N-dealkylation sites (tertiary alicyclic amines) is 1. The molecule has 1 N–H and O–H groups in total. The quantitative estimate of drug-likeness (QED) is 0.876. The lowest BCUT2D eigenvalue weighted by Crippen LogP contribution is -2.45. The number of hydrogen-bond donors (Lipinski definition) is 1. The molecule has 1 saturated heterocycles. The zero-order chi connectivity index (χ0) is 12.5. The lowest BCUT2D eigenvalue weighted by atomic mass is 9.84. The van der Waals surface area contributed by atoms with Crippen molar-refractivity contribution in [3.05, 3.63) is 34.9 Å². The van der Waals surface area contributed by atoms with Crippen molar-refractivity contribution in [2.24, 2.45) is 0 Å². The first-order valence-electron chi connectivity index (χ1n) is 6.24. The van der Waals surface area contributed by atoms with Gasteiger partial charge in [-0.3, -0.25) is 0 Å². The summed E-state index contributed by atoms with van der Waals surface area (Å²) in [5.74, 6) is 0. The van der Waals surface area contributed by atoms with E-state index in [1.807, 2.05) is 24.3 Å². The molecule has 0 spiro atoms. The predicted molar refractivity (Wildman–Crippen MR) is 71.3 cm³/mol. The molecule has 0 radical (unpaired) electrons. The maximum Gasteiger partial charge on any atom is 0.0920 e. The molecule has 1 aliphatic heterocycles. The summed E-state index contributed by atoms with van der Waals surface area (Å²) >= 11 is 5.87. The van der Waals surface area contributed by atoms with Crippen molar-refractivity contribution in [2.75, 3.05) is 13.1 Å². The Kier molecular flexibility index (Phi) is 3.76. The van der Waals surface area contributed by atoms with Gasteiger partial charge in [0.25, 0.3) is 0 Å². The van der Waals surface area contributed by atoms with Gasteiger partial charge in [-0.1, -0.05) is 23.7 Å². The monoisotopic (exact) mass is 253 g/mol. The van der Waals surface area contributed by atoms with Gasteiger partial charge >= 0.3 is 0 Å². The lowest BCUT2D eigenvalue weighted by Gasteiger charge is -2.40. The maximum atomic E-state index is 10.7.